The predicted molar refractivity (Wildman–Crippen MR) is 134 cm³/mol. The van der Waals surface area contributed by atoms with Crippen molar-refractivity contribution < 1.29 is 23.5 Å². The predicted octanol–water partition coefficient (Wildman–Crippen LogP) is 4.85. The van der Waals surface area contributed by atoms with Gasteiger partial charge in [0.05, 0.1) is 20.8 Å². The molecule has 0 aliphatic carbocycles. The fraction of sp³-hybridized carbons (Fsp3) is 0.259. The number of methoxy groups -OCH3 is 2. The van der Waals surface area contributed by atoms with E-state index in [4.69, 9.17) is 13.9 Å². The largest absolute Gasteiger partial charge is 0.497 e. The van der Waals surface area contributed by atoms with E-state index in [1.54, 1.807) is 29.2 Å². The monoisotopic (exact) mass is 477 g/mol. The van der Waals surface area contributed by atoms with Gasteiger partial charge < -0.3 is 29.0 Å². The highest BCUT2D eigenvalue weighted by molar-refractivity contribution is 5.93. The topological polar surface area (TPSA) is 84.3 Å². The second-order valence-corrected chi connectivity index (χ2v) is 7.95. The van der Waals surface area contributed by atoms with Crippen molar-refractivity contribution in [3.63, 3.8) is 0 Å². The van der Waals surface area contributed by atoms with Crippen molar-refractivity contribution in [2.75, 3.05) is 32.6 Å². The third-order valence-corrected chi connectivity index (χ3v) is 5.28. The van der Waals surface area contributed by atoms with Gasteiger partial charge in [0, 0.05) is 37.0 Å². The van der Waals surface area contributed by atoms with E-state index >= 15 is 0 Å². The number of carbonyl (C=O) groups is 2. The molecule has 0 saturated carbocycles. The molecule has 0 fully saturated rings. The number of urea groups is 1. The molecule has 0 atom stereocenters. The van der Waals surface area contributed by atoms with E-state index in [1.807, 2.05) is 49.4 Å². The quantitative estimate of drug-likeness (QED) is 0.399. The second-order valence-electron chi connectivity index (χ2n) is 7.95. The Morgan fingerprint density at radius 1 is 0.971 bits per heavy atom. The second kappa shape index (κ2) is 12.3. The third kappa shape index (κ3) is 7.40. The molecule has 1 N–H and O–H groups in total. The van der Waals surface area contributed by atoms with E-state index in [1.165, 1.54) is 19.1 Å². The zero-order chi connectivity index (χ0) is 25.2. The standard InChI is InChI=1S/C27H31N3O5/c1-5-13-29(27(32)28-22-14-24(33-3)16-25(15-22)34-4)19-26(31)30(17-21-9-7-6-8-10-21)18-23-12-11-20(2)35-23/h5-12,14-16H,1,13,17-19H2,2-4H3,(H,28,32). The minimum atomic E-state index is -0.443. The Labute approximate surface area is 205 Å². The molecule has 0 aliphatic rings. The van der Waals surface area contributed by atoms with Gasteiger partial charge in [-0.05, 0) is 24.6 Å². The lowest BCUT2D eigenvalue weighted by Gasteiger charge is -2.27. The van der Waals surface area contributed by atoms with Crippen LogP contribution in [-0.2, 0) is 17.9 Å². The van der Waals surface area contributed by atoms with E-state index in [0.717, 1.165) is 11.3 Å². The van der Waals surface area contributed by atoms with Gasteiger partial charge in [-0.3, -0.25) is 4.79 Å². The number of hydrogen-bond acceptors (Lipinski definition) is 5. The van der Waals surface area contributed by atoms with Crippen LogP contribution < -0.4 is 14.8 Å². The molecule has 8 heteroatoms. The zero-order valence-corrected chi connectivity index (χ0v) is 20.3. The van der Waals surface area contributed by atoms with Gasteiger partial charge in [-0.2, -0.15) is 0 Å². The Bertz CT molecular complexity index is 1120. The molecule has 0 radical (unpaired) electrons. The molecule has 0 aliphatic heterocycles. The highest BCUT2D eigenvalue weighted by atomic mass is 16.5. The Balaban J connectivity index is 1.76. The normalized spacial score (nSPS) is 10.4. The number of nitrogens with zero attached hydrogens (tertiary/aromatic N) is 2. The maximum absolute atomic E-state index is 13.4. The molecule has 0 saturated heterocycles. The summed E-state index contributed by atoms with van der Waals surface area (Å²) in [4.78, 5) is 29.5. The number of carbonyl (C=O) groups excluding carboxylic acids is 2. The number of nitrogens with one attached hydrogen (secondary N) is 1. The van der Waals surface area contributed by atoms with Crippen molar-refractivity contribution in [1.82, 2.24) is 9.80 Å². The van der Waals surface area contributed by atoms with Gasteiger partial charge in [-0.1, -0.05) is 36.4 Å². The number of hydrogen-bond donors (Lipinski definition) is 1. The summed E-state index contributed by atoms with van der Waals surface area (Å²) in [7, 11) is 3.07. The summed E-state index contributed by atoms with van der Waals surface area (Å²) >= 11 is 0. The first kappa shape index (κ1) is 25.4. The van der Waals surface area contributed by atoms with Crippen molar-refractivity contribution in [1.29, 1.82) is 0 Å². The molecule has 1 heterocycles. The summed E-state index contributed by atoms with van der Waals surface area (Å²) < 4.78 is 16.2. The average Bonchev–Trinajstić information content (AvgIpc) is 3.28. The van der Waals surface area contributed by atoms with Crippen LogP contribution in [0.4, 0.5) is 10.5 Å². The summed E-state index contributed by atoms with van der Waals surface area (Å²) in [6.07, 6.45) is 1.58. The lowest BCUT2D eigenvalue weighted by molar-refractivity contribution is -0.133. The molecule has 3 aromatic rings. The number of furan rings is 1. The van der Waals surface area contributed by atoms with Crippen LogP contribution >= 0.6 is 0 Å². The van der Waals surface area contributed by atoms with Crippen LogP contribution in [0.15, 0.2) is 77.7 Å². The Hall–Kier alpha value is -4.20. The molecule has 8 nitrogen and oxygen atoms in total. The molecule has 2 aromatic carbocycles. The first-order valence-corrected chi connectivity index (χ1v) is 11.2. The highest BCUT2D eigenvalue weighted by Crippen LogP contribution is 2.26. The zero-order valence-electron chi connectivity index (χ0n) is 20.3. The van der Waals surface area contributed by atoms with Crippen molar-refractivity contribution >= 4 is 17.6 Å². The van der Waals surface area contributed by atoms with Gasteiger partial charge in [-0.25, -0.2) is 4.79 Å². The lowest BCUT2D eigenvalue weighted by atomic mass is 10.2. The van der Waals surface area contributed by atoms with Gasteiger partial charge >= 0.3 is 6.03 Å². The van der Waals surface area contributed by atoms with Crippen LogP contribution in [-0.4, -0.2) is 49.0 Å². The fourth-order valence-corrected chi connectivity index (χ4v) is 3.51. The van der Waals surface area contributed by atoms with Gasteiger partial charge in [-0.15, -0.1) is 6.58 Å². The molecule has 0 bridgehead atoms. The van der Waals surface area contributed by atoms with Gasteiger partial charge in [0.15, 0.2) is 0 Å². The van der Waals surface area contributed by atoms with E-state index in [0.29, 0.717) is 29.5 Å². The van der Waals surface area contributed by atoms with Crippen LogP contribution in [0.3, 0.4) is 0 Å². The van der Waals surface area contributed by atoms with E-state index in [9.17, 15) is 9.59 Å². The van der Waals surface area contributed by atoms with Gasteiger partial charge in [0.1, 0.15) is 29.6 Å². The Morgan fingerprint density at radius 2 is 1.66 bits per heavy atom. The van der Waals surface area contributed by atoms with Crippen molar-refractivity contribution in [2.45, 2.75) is 20.0 Å². The van der Waals surface area contributed by atoms with Crippen LogP contribution in [0.25, 0.3) is 0 Å². The lowest BCUT2D eigenvalue weighted by Crippen LogP contribution is -2.44. The molecule has 35 heavy (non-hydrogen) atoms. The van der Waals surface area contributed by atoms with Gasteiger partial charge in [0.2, 0.25) is 5.91 Å². The molecular formula is C27H31N3O5. The number of anilines is 1. The summed E-state index contributed by atoms with van der Waals surface area (Å²) in [6, 6.07) is 18.0. The highest BCUT2D eigenvalue weighted by Gasteiger charge is 2.22. The summed E-state index contributed by atoms with van der Waals surface area (Å²) in [5, 5.41) is 2.81. The Kier molecular flexibility index (Phi) is 8.95. The minimum Gasteiger partial charge on any atom is -0.497 e. The molecule has 1 aromatic heterocycles. The van der Waals surface area contributed by atoms with Crippen LogP contribution in [0, 0.1) is 6.92 Å². The van der Waals surface area contributed by atoms with Crippen LogP contribution in [0.2, 0.25) is 0 Å². The molecular weight excluding hydrogens is 446 g/mol. The van der Waals surface area contributed by atoms with Crippen molar-refractivity contribution in [3.8, 4) is 11.5 Å². The Morgan fingerprint density at radius 3 is 2.23 bits per heavy atom. The molecule has 0 spiro atoms. The summed E-state index contributed by atoms with van der Waals surface area (Å²) in [5.74, 6) is 2.30. The molecule has 3 rings (SSSR count). The van der Waals surface area contributed by atoms with Gasteiger partial charge in [0.25, 0.3) is 0 Å². The minimum absolute atomic E-state index is 0.133. The molecule has 184 valence electrons. The number of amides is 3. The van der Waals surface area contributed by atoms with Crippen molar-refractivity contribution in [3.05, 3.63) is 90.4 Å². The average molecular weight is 478 g/mol. The molecule has 0 unspecified atom stereocenters. The van der Waals surface area contributed by atoms with E-state index in [-0.39, 0.29) is 25.5 Å². The first-order chi connectivity index (χ1) is 16.9. The van der Waals surface area contributed by atoms with Crippen LogP contribution in [0.5, 0.6) is 11.5 Å². The third-order valence-electron chi connectivity index (χ3n) is 5.28. The van der Waals surface area contributed by atoms with Crippen LogP contribution in [0.1, 0.15) is 17.1 Å². The smallest absolute Gasteiger partial charge is 0.322 e. The number of benzene rings is 2. The summed E-state index contributed by atoms with van der Waals surface area (Å²) in [6.45, 7) is 6.32. The first-order valence-electron chi connectivity index (χ1n) is 11.2. The molecule has 3 amide bonds. The number of ether oxygens (including phenoxy) is 2. The van der Waals surface area contributed by atoms with E-state index in [2.05, 4.69) is 11.9 Å². The van der Waals surface area contributed by atoms with Crippen molar-refractivity contribution in [2.24, 2.45) is 0 Å². The fourth-order valence-electron chi connectivity index (χ4n) is 3.51. The SMILES string of the molecule is C=CCN(CC(=O)N(Cc1ccccc1)Cc1ccc(C)o1)C(=O)Nc1cc(OC)cc(OC)c1. The number of rotatable bonds is 11. The number of aryl methyl sites for hydroxylation is 1. The summed E-state index contributed by atoms with van der Waals surface area (Å²) in [5.41, 5.74) is 1.47. The van der Waals surface area contributed by atoms with E-state index < -0.39 is 6.03 Å². The maximum atomic E-state index is 13.4. The maximum Gasteiger partial charge on any atom is 0.322 e.